The lowest BCUT2D eigenvalue weighted by molar-refractivity contribution is -0.120. The number of thioether (sulfide) groups is 1. The van der Waals surface area contributed by atoms with Gasteiger partial charge in [0, 0.05) is 18.1 Å². The number of halogens is 1. The standard InChI is InChI=1S/C15H19ClN4O2S/c1-3-8-20-14(22)18-19-15(20)23-10(2)13(21)17-9-11-6-4-5-7-12(11)16/h4-7,10H,3,8-9H2,1-2H3,(H,17,21)(H,18,22). The molecule has 0 saturated heterocycles. The molecule has 2 aromatic rings. The number of benzene rings is 1. The molecule has 1 unspecified atom stereocenters. The maximum absolute atomic E-state index is 12.2. The van der Waals surface area contributed by atoms with Crippen molar-refractivity contribution in [3.05, 3.63) is 45.3 Å². The molecule has 0 fully saturated rings. The van der Waals surface area contributed by atoms with Gasteiger partial charge in [0.1, 0.15) is 0 Å². The number of hydrogen-bond acceptors (Lipinski definition) is 4. The fourth-order valence-corrected chi connectivity index (χ4v) is 3.10. The minimum absolute atomic E-state index is 0.131. The van der Waals surface area contributed by atoms with E-state index in [0.29, 0.717) is 23.3 Å². The number of nitrogens with one attached hydrogen (secondary N) is 2. The van der Waals surface area contributed by atoms with Crippen LogP contribution in [0.25, 0.3) is 0 Å². The van der Waals surface area contributed by atoms with Gasteiger partial charge in [0.25, 0.3) is 0 Å². The van der Waals surface area contributed by atoms with Crippen molar-refractivity contribution in [2.24, 2.45) is 0 Å². The number of hydrogen-bond donors (Lipinski definition) is 2. The van der Waals surface area contributed by atoms with Crippen LogP contribution in [0.4, 0.5) is 0 Å². The van der Waals surface area contributed by atoms with Crippen molar-refractivity contribution in [3.63, 3.8) is 0 Å². The Kier molecular flexibility index (Phi) is 6.29. The lowest BCUT2D eigenvalue weighted by Gasteiger charge is -2.12. The Balaban J connectivity index is 1.95. The number of carbonyl (C=O) groups excluding carboxylic acids is 1. The highest BCUT2D eigenvalue weighted by molar-refractivity contribution is 8.00. The molecule has 1 amide bonds. The normalized spacial score (nSPS) is 12.1. The van der Waals surface area contributed by atoms with Crippen molar-refractivity contribution in [3.8, 4) is 0 Å². The molecule has 0 bridgehead atoms. The van der Waals surface area contributed by atoms with Crippen molar-refractivity contribution in [1.29, 1.82) is 0 Å². The van der Waals surface area contributed by atoms with Gasteiger partial charge >= 0.3 is 5.69 Å². The molecule has 1 heterocycles. The van der Waals surface area contributed by atoms with Crippen LogP contribution < -0.4 is 11.0 Å². The quantitative estimate of drug-likeness (QED) is 0.748. The molecule has 8 heteroatoms. The number of aromatic nitrogens is 3. The maximum atomic E-state index is 12.2. The highest BCUT2D eigenvalue weighted by Gasteiger charge is 2.18. The molecular formula is C15H19ClN4O2S. The predicted octanol–water partition coefficient (Wildman–Crippen LogP) is 2.43. The second-order valence-corrected chi connectivity index (χ2v) is 6.75. The third kappa shape index (κ3) is 4.62. The third-order valence-electron chi connectivity index (χ3n) is 3.23. The number of carbonyl (C=O) groups is 1. The molecule has 0 aliphatic heterocycles. The van der Waals surface area contributed by atoms with Gasteiger partial charge in [0.15, 0.2) is 5.16 Å². The number of nitrogens with zero attached hydrogens (tertiary/aromatic N) is 2. The van der Waals surface area contributed by atoms with Gasteiger partial charge in [-0.3, -0.25) is 9.36 Å². The van der Waals surface area contributed by atoms with E-state index in [1.165, 1.54) is 11.8 Å². The van der Waals surface area contributed by atoms with E-state index in [-0.39, 0.29) is 16.8 Å². The lowest BCUT2D eigenvalue weighted by atomic mass is 10.2. The van der Waals surface area contributed by atoms with E-state index in [1.54, 1.807) is 17.6 Å². The first-order valence-electron chi connectivity index (χ1n) is 7.36. The van der Waals surface area contributed by atoms with E-state index in [2.05, 4.69) is 15.5 Å². The van der Waals surface area contributed by atoms with Crippen LogP contribution >= 0.6 is 23.4 Å². The number of amides is 1. The van der Waals surface area contributed by atoms with E-state index in [0.717, 1.165) is 12.0 Å². The molecule has 23 heavy (non-hydrogen) atoms. The van der Waals surface area contributed by atoms with Crippen LogP contribution in [0, 0.1) is 0 Å². The largest absolute Gasteiger partial charge is 0.351 e. The Morgan fingerprint density at radius 3 is 2.91 bits per heavy atom. The van der Waals surface area contributed by atoms with Crippen molar-refractivity contribution < 1.29 is 4.79 Å². The fourth-order valence-electron chi connectivity index (χ4n) is 1.99. The molecule has 2 rings (SSSR count). The van der Waals surface area contributed by atoms with Gasteiger partial charge < -0.3 is 5.32 Å². The molecule has 124 valence electrons. The van der Waals surface area contributed by atoms with Crippen LogP contribution in [0.1, 0.15) is 25.8 Å². The van der Waals surface area contributed by atoms with Crippen molar-refractivity contribution in [1.82, 2.24) is 20.1 Å². The maximum Gasteiger partial charge on any atom is 0.343 e. The van der Waals surface area contributed by atoms with Gasteiger partial charge in [-0.1, -0.05) is 48.5 Å². The average Bonchev–Trinajstić information content (AvgIpc) is 2.87. The first kappa shape index (κ1) is 17.6. The van der Waals surface area contributed by atoms with E-state index in [9.17, 15) is 9.59 Å². The molecule has 6 nitrogen and oxygen atoms in total. The molecule has 1 aromatic heterocycles. The summed E-state index contributed by atoms with van der Waals surface area (Å²) in [6, 6.07) is 7.37. The van der Waals surface area contributed by atoms with Gasteiger partial charge in [0.05, 0.1) is 5.25 Å². The number of aromatic amines is 1. The second kappa shape index (κ2) is 8.21. The zero-order chi connectivity index (χ0) is 16.8. The number of H-pyrrole nitrogens is 1. The lowest BCUT2D eigenvalue weighted by Crippen LogP contribution is -2.31. The summed E-state index contributed by atoms with van der Waals surface area (Å²) in [6.45, 7) is 4.70. The van der Waals surface area contributed by atoms with Crippen molar-refractivity contribution >= 4 is 29.3 Å². The molecule has 0 radical (unpaired) electrons. The highest BCUT2D eigenvalue weighted by atomic mass is 35.5. The Labute approximate surface area is 143 Å². The summed E-state index contributed by atoms with van der Waals surface area (Å²) in [7, 11) is 0. The fraction of sp³-hybridized carbons (Fsp3) is 0.400. The third-order valence-corrected chi connectivity index (χ3v) is 4.69. The van der Waals surface area contributed by atoms with E-state index in [4.69, 9.17) is 11.6 Å². The molecule has 0 spiro atoms. The number of rotatable bonds is 7. The zero-order valence-electron chi connectivity index (χ0n) is 13.0. The van der Waals surface area contributed by atoms with Crippen LogP contribution in [0.5, 0.6) is 0 Å². The molecule has 1 aromatic carbocycles. The average molecular weight is 355 g/mol. The molecule has 0 saturated carbocycles. The summed E-state index contributed by atoms with van der Waals surface area (Å²) < 4.78 is 1.54. The van der Waals surface area contributed by atoms with E-state index >= 15 is 0 Å². The second-order valence-electron chi connectivity index (χ2n) is 5.03. The first-order chi connectivity index (χ1) is 11.0. The summed E-state index contributed by atoms with van der Waals surface area (Å²) >= 11 is 7.32. The Morgan fingerprint density at radius 2 is 2.22 bits per heavy atom. The molecule has 0 aliphatic rings. The van der Waals surface area contributed by atoms with E-state index < -0.39 is 0 Å². The first-order valence-corrected chi connectivity index (χ1v) is 8.61. The Morgan fingerprint density at radius 1 is 1.48 bits per heavy atom. The van der Waals surface area contributed by atoms with Gasteiger partial charge in [0.2, 0.25) is 5.91 Å². The Bertz CT molecular complexity index is 728. The summed E-state index contributed by atoms with van der Waals surface area (Å²) in [5.74, 6) is -0.131. The molecule has 0 aliphatic carbocycles. The van der Waals surface area contributed by atoms with Gasteiger partial charge in [-0.2, -0.15) is 0 Å². The van der Waals surface area contributed by atoms with Gasteiger partial charge in [-0.05, 0) is 25.0 Å². The van der Waals surface area contributed by atoms with Gasteiger partial charge in [-0.15, -0.1) is 5.10 Å². The Hall–Kier alpha value is -1.73. The van der Waals surface area contributed by atoms with Crippen LogP contribution in [-0.2, 0) is 17.9 Å². The van der Waals surface area contributed by atoms with Crippen LogP contribution in [0.2, 0.25) is 5.02 Å². The highest BCUT2D eigenvalue weighted by Crippen LogP contribution is 2.20. The molecular weight excluding hydrogens is 336 g/mol. The van der Waals surface area contributed by atoms with Crippen LogP contribution in [0.15, 0.2) is 34.2 Å². The van der Waals surface area contributed by atoms with Gasteiger partial charge in [-0.25, -0.2) is 9.89 Å². The predicted molar refractivity (Wildman–Crippen MR) is 91.8 cm³/mol. The monoisotopic (exact) mass is 354 g/mol. The SMILES string of the molecule is CCCn1c(SC(C)C(=O)NCc2ccccc2Cl)n[nH]c1=O. The molecule has 2 N–H and O–H groups in total. The minimum Gasteiger partial charge on any atom is -0.351 e. The topological polar surface area (TPSA) is 79.8 Å². The smallest absolute Gasteiger partial charge is 0.343 e. The minimum atomic E-state index is -0.372. The summed E-state index contributed by atoms with van der Waals surface area (Å²) in [5, 5.41) is 10.0. The van der Waals surface area contributed by atoms with Crippen LogP contribution in [0.3, 0.4) is 0 Å². The summed E-state index contributed by atoms with van der Waals surface area (Å²) in [6.07, 6.45) is 0.820. The zero-order valence-corrected chi connectivity index (χ0v) is 14.6. The van der Waals surface area contributed by atoms with E-state index in [1.807, 2.05) is 25.1 Å². The summed E-state index contributed by atoms with van der Waals surface area (Å²) in [5.41, 5.74) is 0.611. The summed E-state index contributed by atoms with van der Waals surface area (Å²) in [4.78, 5) is 23.9. The van der Waals surface area contributed by atoms with Crippen LogP contribution in [-0.4, -0.2) is 25.9 Å². The van der Waals surface area contributed by atoms with Crippen molar-refractivity contribution in [2.45, 2.75) is 43.8 Å². The van der Waals surface area contributed by atoms with Crippen molar-refractivity contribution in [2.75, 3.05) is 0 Å². The molecule has 1 atom stereocenters.